The summed E-state index contributed by atoms with van der Waals surface area (Å²) in [6.45, 7) is 1.93. The SMILES string of the molecule is CCOC(=O)[C@H](N)CCC(=O)O.O=C(O)C(F)(F)F. The number of hydrogen-bond acceptors (Lipinski definition) is 5. The van der Waals surface area contributed by atoms with Crippen molar-refractivity contribution in [2.45, 2.75) is 32.0 Å². The molecule has 0 aliphatic heterocycles. The van der Waals surface area contributed by atoms with Gasteiger partial charge in [-0.05, 0) is 13.3 Å². The normalized spacial score (nSPS) is 11.8. The van der Waals surface area contributed by atoms with Crippen LogP contribution in [0.2, 0.25) is 0 Å². The zero-order valence-corrected chi connectivity index (χ0v) is 9.94. The summed E-state index contributed by atoms with van der Waals surface area (Å²) in [5.74, 6) is -4.26. The molecule has 0 heterocycles. The molecule has 0 rings (SSSR count). The van der Waals surface area contributed by atoms with E-state index in [-0.39, 0.29) is 19.4 Å². The van der Waals surface area contributed by atoms with Gasteiger partial charge in [-0.15, -0.1) is 0 Å². The average Bonchev–Trinajstić information content (AvgIpc) is 2.25. The van der Waals surface area contributed by atoms with Crippen molar-refractivity contribution in [3.05, 3.63) is 0 Å². The van der Waals surface area contributed by atoms with Crippen LogP contribution in [0.25, 0.3) is 0 Å². The van der Waals surface area contributed by atoms with E-state index < -0.39 is 30.1 Å². The van der Waals surface area contributed by atoms with E-state index in [9.17, 15) is 22.8 Å². The number of nitrogens with two attached hydrogens (primary N) is 1. The summed E-state index contributed by atoms with van der Waals surface area (Å²) in [5, 5.41) is 15.4. The summed E-state index contributed by atoms with van der Waals surface area (Å²) in [5.41, 5.74) is 5.31. The highest BCUT2D eigenvalue weighted by molar-refractivity contribution is 5.76. The Labute approximate surface area is 106 Å². The van der Waals surface area contributed by atoms with Crippen molar-refractivity contribution in [1.29, 1.82) is 0 Å². The number of carbonyl (C=O) groups is 3. The van der Waals surface area contributed by atoms with E-state index in [2.05, 4.69) is 4.74 Å². The zero-order valence-electron chi connectivity index (χ0n) is 9.94. The van der Waals surface area contributed by atoms with E-state index in [1.54, 1.807) is 6.92 Å². The molecule has 10 heteroatoms. The van der Waals surface area contributed by atoms with Gasteiger partial charge in [0.05, 0.1) is 6.61 Å². The fraction of sp³-hybridized carbons (Fsp3) is 0.667. The number of aliphatic carboxylic acids is 2. The summed E-state index contributed by atoms with van der Waals surface area (Å²) in [6, 6.07) is -0.818. The van der Waals surface area contributed by atoms with Crippen molar-refractivity contribution in [2.75, 3.05) is 6.61 Å². The molecule has 4 N–H and O–H groups in total. The Morgan fingerprint density at radius 1 is 1.26 bits per heavy atom. The first-order valence-electron chi connectivity index (χ1n) is 4.96. The first kappa shape index (κ1) is 19.5. The molecule has 0 aliphatic carbocycles. The minimum Gasteiger partial charge on any atom is -0.481 e. The van der Waals surface area contributed by atoms with Crippen molar-refractivity contribution in [2.24, 2.45) is 5.73 Å². The van der Waals surface area contributed by atoms with E-state index in [1.807, 2.05) is 0 Å². The van der Waals surface area contributed by atoms with Crippen LogP contribution >= 0.6 is 0 Å². The topological polar surface area (TPSA) is 127 Å². The molecular weight excluding hydrogens is 275 g/mol. The van der Waals surface area contributed by atoms with Crippen LogP contribution in [-0.2, 0) is 19.1 Å². The van der Waals surface area contributed by atoms with Crippen LogP contribution in [-0.4, -0.2) is 46.9 Å². The smallest absolute Gasteiger partial charge is 0.481 e. The van der Waals surface area contributed by atoms with Crippen LogP contribution in [0.5, 0.6) is 0 Å². The second kappa shape index (κ2) is 9.14. The highest BCUT2D eigenvalue weighted by atomic mass is 19.4. The number of alkyl halides is 3. The largest absolute Gasteiger partial charge is 0.490 e. The lowest BCUT2D eigenvalue weighted by Gasteiger charge is -2.07. The Hall–Kier alpha value is -1.84. The lowest BCUT2D eigenvalue weighted by Crippen LogP contribution is -2.32. The van der Waals surface area contributed by atoms with E-state index in [0.29, 0.717) is 0 Å². The van der Waals surface area contributed by atoms with Gasteiger partial charge in [-0.2, -0.15) is 13.2 Å². The van der Waals surface area contributed by atoms with E-state index >= 15 is 0 Å². The molecule has 7 nitrogen and oxygen atoms in total. The number of ether oxygens (including phenoxy) is 1. The first-order chi connectivity index (χ1) is 8.52. The van der Waals surface area contributed by atoms with Crippen LogP contribution in [0.15, 0.2) is 0 Å². The average molecular weight is 289 g/mol. The van der Waals surface area contributed by atoms with Crippen molar-refractivity contribution >= 4 is 17.9 Å². The first-order valence-corrected chi connectivity index (χ1v) is 4.96. The number of halogens is 3. The minimum absolute atomic E-state index is 0.111. The quantitative estimate of drug-likeness (QED) is 0.624. The zero-order chi connectivity index (χ0) is 15.6. The van der Waals surface area contributed by atoms with Crippen molar-refractivity contribution < 1.29 is 42.5 Å². The standard InChI is InChI=1S/C7H13NO4.C2HF3O2/c1-2-12-7(11)5(8)3-4-6(9)10;3-2(4,5)1(6)7/h5H,2-4,8H2,1H3,(H,9,10);(H,6,7)/t5-;/m1./s1. The van der Waals surface area contributed by atoms with Crippen LogP contribution in [0.1, 0.15) is 19.8 Å². The molecule has 1 atom stereocenters. The van der Waals surface area contributed by atoms with Crippen molar-refractivity contribution in [1.82, 2.24) is 0 Å². The van der Waals surface area contributed by atoms with Gasteiger partial charge in [0.25, 0.3) is 0 Å². The Bertz CT molecular complexity index is 318. The Balaban J connectivity index is 0. The van der Waals surface area contributed by atoms with Gasteiger partial charge in [-0.1, -0.05) is 0 Å². The lowest BCUT2D eigenvalue weighted by molar-refractivity contribution is -0.192. The molecule has 0 spiro atoms. The Morgan fingerprint density at radius 2 is 1.68 bits per heavy atom. The van der Waals surface area contributed by atoms with Gasteiger partial charge in [0.2, 0.25) is 0 Å². The van der Waals surface area contributed by atoms with Crippen LogP contribution in [0.3, 0.4) is 0 Å². The third-order valence-electron chi connectivity index (χ3n) is 1.50. The summed E-state index contributed by atoms with van der Waals surface area (Å²) in [4.78, 5) is 29.8. The van der Waals surface area contributed by atoms with E-state index in [4.69, 9.17) is 20.7 Å². The number of carbonyl (C=O) groups excluding carboxylic acids is 1. The monoisotopic (exact) mass is 289 g/mol. The van der Waals surface area contributed by atoms with Gasteiger partial charge in [-0.25, -0.2) is 4.79 Å². The van der Waals surface area contributed by atoms with Gasteiger partial charge >= 0.3 is 24.1 Å². The van der Waals surface area contributed by atoms with Gasteiger partial charge < -0.3 is 20.7 Å². The summed E-state index contributed by atoms with van der Waals surface area (Å²) in [7, 11) is 0. The molecule has 0 fully saturated rings. The highest BCUT2D eigenvalue weighted by Gasteiger charge is 2.38. The molecule has 0 saturated heterocycles. The summed E-state index contributed by atoms with van der Waals surface area (Å²) in [6.07, 6.45) is -5.08. The predicted molar refractivity (Wildman–Crippen MR) is 55.2 cm³/mol. The fourth-order valence-corrected chi connectivity index (χ4v) is 0.646. The number of carboxylic acid groups (broad SMARTS) is 2. The molecule has 0 unspecified atom stereocenters. The summed E-state index contributed by atoms with van der Waals surface area (Å²) >= 11 is 0. The number of hydrogen-bond donors (Lipinski definition) is 3. The molecule has 0 radical (unpaired) electrons. The number of esters is 1. The third-order valence-corrected chi connectivity index (χ3v) is 1.50. The number of carboxylic acids is 2. The van der Waals surface area contributed by atoms with Gasteiger partial charge in [0.15, 0.2) is 0 Å². The maximum atomic E-state index is 10.8. The third kappa shape index (κ3) is 12.4. The molecule has 19 heavy (non-hydrogen) atoms. The molecule has 0 saturated carbocycles. The maximum Gasteiger partial charge on any atom is 0.490 e. The molecular formula is C9H14F3NO6. The van der Waals surface area contributed by atoms with E-state index in [1.165, 1.54) is 0 Å². The van der Waals surface area contributed by atoms with Crippen LogP contribution in [0.4, 0.5) is 13.2 Å². The summed E-state index contributed by atoms with van der Waals surface area (Å²) < 4.78 is 36.3. The predicted octanol–water partition coefficient (Wildman–Crippen LogP) is 0.375. The van der Waals surface area contributed by atoms with Gasteiger partial charge in [0, 0.05) is 6.42 Å². The highest BCUT2D eigenvalue weighted by Crippen LogP contribution is 2.13. The van der Waals surface area contributed by atoms with Gasteiger partial charge in [-0.3, -0.25) is 9.59 Å². The molecule has 112 valence electrons. The molecule has 0 aromatic rings. The molecule has 0 aromatic carbocycles. The van der Waals surface area contributed by atoms with Crippen molar-refractivity contribution in [3.63, 3.8) is 0 Å². The van der Waals surface area contributed by atoms with Crippen LogP contribution in [0, 0.1) is 0 Å². The fourth-order valence-electron chi connectivity index (χ4n) is 0.646. The lowest BCUT2D eigenvalue weighted by atomic mass is 10.2. The Morgan fingerprint density at radius 3 is 1.95 bits per heavy atom. The molecule has 0 amide bonds. The van der Waals surface area contributed by atoms with Crippen molar-refractivity contribution in [3.8, 4) is 0 Å². The second-order valence-corrected chi connectivity index (χ2v) is 3.09. The Kier molecular flexibility index (Phi) is 9.38. The maximum absolute atomic E-state index is 10.8. The molecule has 0 aliphatic rings. The van der Waals surface area contributed by atoms with E-state index in [0.717, 1.165) is 0 Å². The molecule has 0 bridgehead atoms. The molecule has 0 aromatic heterocycles. The second-order valence-electron chi connectivity index (χ2n) is 3.09. The minimum atomic E-state index is -5.08. The number of rotatable bonds is 5. The van der Waals surface area contributed by atoms with Crippen LogP contribution < -0.4 is 5.73 Å². The van der Waals surface area contributed by atoms with Gasteiger partial charge in [0.1, 0.15) is 6.04 Å².